The van der Waals surface area contributed by atoms with Crippen LogP contribution in [0.2, 0.25) is 0 Å². The molecule has 2 amide bonds. The van der Waals surface area contributed by atoms with E-state index in [0.29, 0.717) is 25.6 Å². The molecule has 4 heteroatoms. The van der Waals surface area contributed by atoms with Gasteiger partial charge < -0.3 is 9.80 Å². The van der Waals surface area contributed by atoms with Gasteiger partial charge in [0, 0.05) is 32.1 Å². The first-order chi connectivity index (χ1) is 11.2. The molecule has 0 N–H and O–H groups in total. The van der Waals surface area contributed by atoms with Crippen LogP contribution in [-0.2, 0) is 16.1 Å². The molecule has 2 aliphatic heterocycles. The quantitative estimate of drug-likeness (QED) is 0.857. The summed E-state index contributed by atoms with van der Waals surface area (Å²) in [7, 11) is 0. The van der Waals surface area contributed by atoms with E-state index in [9.17, 15) is 9.59 Å². The van der Waals surface area contributed by atoms with E-state index in [0.717, 1.165) is 31.4 Å². The zero-order valence-corrected chi connectivity index (χ0v) is 13.9. The van der Waals surface area contributed by atoms with Gasteiger partial charge in [0.1, 0.15) is 0 Å². The number of benzene rings is 1. The van der Waals surface area contributed by atoms with Crippen molar-refractivity contribution in [1.29, 1.82) is 0 Å². The van der Waals surface area contributed by atoms with Gasteiger partial charge in [0.05, 0.1) is 5.92 Å². The number of hydrogen-bond donors (Lipinski definition) is 0. The van der Waals surface area contributed by atoms with Gasteiger partial charge in [-0.2, -0.15) is 0 Å². The summed E-state index contributed by atoms with van der Waals surface area (Å²) in [5.41, 5.74) is 1.12. The second-order valence-electron chi connectivity index (χ2n) is 6.75. The number of hydrogen-bond acceptors (Lipinski definition) is 2. The lowest BCUT2D eigenvalue weighted by Gasteiger charge is -2.36. The Labute approximate surface area is 138 Å². The smallest absolute Gasteiger partial charge is 0.228 e. The highest BCUT2D eigenvalue weighted by atomic mass is 16.2. The van der Waals surface area contributed by atoms with Gasteiger partial charge in [-0.25, -0.2) is 0 Å². The first-order valence-electron chi connectivity index (χ1n) is 8.81. The van der Waals surface area contributed by atoms with E-state index in [1.54, 1.807) is 0 Å². The lowest BCUT2D eigenvalue weighted by molar-refractivity contribution is -0.139. The Balaban J connectivity index is 1.63. The topological polar surface area (TPSA) is 40.6 Å². The molecule has 1 aromatic rings. The van der Waals surface area contributed by atoms with Gasteiger partial charge >= 0.3 is 0 Å². The molecule has 0 bridgehead atoms. The first-order valence-corrected chi connectivity index (χ1v) is 8.81. The number of nitrogens with zero attached hydrogens (tertiary/aromatic N) is 2. The highest BCUT2D eigenvalue weighted by Gasteiger charge is 2.38. The molecule has 0 aromatic heterocycles. The maximum Gasteiger partial charge on any atom is 0.228 e. The van der Waals surface area contributed by atoms with Crippen LogP contribution in [0, 0.1) is 5.92 Å². The monoisotopic (exact) mass is 314 g/mol. The standard InChI is InChI=1S/C19H26N2O2/c1-2-17-10-6-7-11-21(17)19(23)16-12-18(22)20(14-16)13-15-8-4-3-5-9-15/h3-5,8-9,16-17H,2,6-7,10-14H2,1H3. The number of amides is 2. The van der Waals surface area contributed by atoms with E-state index in [2.05, 4.69) is 6.92 Å². The van der Waals surface area contributed by atoms with Crippen LogP contribution in [0.15, 0.2) is 30.3 Å². The highest BCUT2D eigenvalue weighted by Crippen LogP contribution is 2.27. The Morgan fingerprint density at radius 3 is 2.74 bits per heavy atom. The minimum Gasteiger partial charge on any atom is -0.339 e. The van der Waals surface area contributed by atoms with Gasteiger partial charge in [0.15, 0.2) is 0 Å². The largest absolute Gasteiger partial charge is 0.339 e. The number of piperidine rings is 1. The fourth-order valence-corrected chi connectivity index (χ4v) is 3.84. The molecule has 23 heavy (non-hydrogen) atoms. The van der Waals surface area contributed by atoms with E-state index >= 15 is 0 Å². The lowest BCUT2D eigenvalue weighted by Crippen LogP contribution is -2.46. The zero-order valence-electron chi connectivity index (χ0n) is 13.9. The Hall–Kier alpha value is -1.84. The molecular weight excluding hydrogens is 288 g/mol. The number of rotatable bonds is 4. The van der Waals surface area contributed by atoms with Crippen molar-refractivity contribution < 1.29 is 9.59 Å². The minimum atomic E-state index is -0.154. The Morgan fingerprint density at radius 2 is 2.00 bits per heavy atom. The van der Waals surface area contributed by atoms with Crippen LogP contribution < -0.4 is 0 Å². The molecule has 2 heterocycles. The maximum absolute atomic E-state index is 12.9. The summed E-state index contributed by atoms with van der Waals surface area (Å²) in [4.78, 5) is 29.0. The third-order valence-electron chi connectivity index (χ3n) is 5.16. The first kappa shape index (κ1) is 16.0. The lowest BCUT2D eigenvalue weighted by atomic mass is 9.97. The summed E-state index contributed by atoms with van der Waals surface area (Å²) in [5, 5.41) is 0. The number of likely N-dealkylation sites (tertiary alicyclic amines) is 2. The van der Waals surface area contributed by atoms with E-state index < -0.39 is 0 Å². The molecule has 1 aromatic carbocycles. The molecule has 2 unspecified atom stereocenters. The molecule has 0 spiro atoms. The fraction of sp³-hybridized carbons (Fsp3) is 0.579. The van der Waals surface area contributed by atoms with E-state index in [4.69, 9.17) is 0 Å². The molecule has 2 aliphatic rings. The summed E-state index contributed by atoms with van der Waals surface area (Å²) in [5.74, 6) is 0.149. The van der Waals surface area contributed by atoms with Crippen molar-refractivity contribution in [2.45, 2.75) is 51.6 Å². The van der Waals surface area contributed by atoms with Crippen molar-refractivity contribution in [2.24, 2.45) is 5.92 Å². The van der Waals surface area contributed by atoms with E-state index in [-0.39, 0.29) is 17.7 Å². The molecule has 4 nitrogen and oxygen atoms in total. The molecule has 124 valence electrons. The van der Waals surface area contributed by atoms with Crippen molar-refractivity contribution >= 4 is 11.8 Å². The summed E-state index contributed by atoms with van der Waals surface area (Å²) in [6, 6.07) is 10.4. The predicted molar refractivity (Wildman–Crippen MR) is 89.6 cm³/mol. The van der Waals surface area contributed by atoms with Crippen LogP contribution >= 0.6 is 0 Å². The Kier molecular flexibility index (Phi) is 4.99. The molecule has 0 radical (unpaired) electrons. The van der Waals surface area contributed by atoms with Crippen molar-refractivity contribution in [3.05, 3.63) is 35.9 Å². The number of carbonyl (C=O) groups excluding carboxylic acids is 2. The summed E-state index contributed by atoms with van der Waals surface area (Å²) in [6.45, 7) is 4.19. The van der Waals surface area contributed by atoms with Crippen LogP contribution in [0.25, 0.3) is 0 Å². The second kappa shape index (κ2) is 7.16. The molecule has 0 aliphatic carbocycles. The Morgan fingerprint density at radius 1 is 1.22 bits per heavy atom. The van der Waals surface area contributed by atoms with E-state index in [1.165, 1.54) is 6.42 Å². The van der Waals surface area contributed by atoms with Crippen LogP contribution in [-0.4, -0.2) is 40.7 Å². The van der Waals surface area contributed by atoms with Crippen molar-refractivity contribution in [1.82, 2.24) is 9.80 Å². The normalized spacial score (nSPS) is 25.0. The Bertz CT molecular complexity index is 558. The SMILES string of the molecule is CCC1CCCCN1C(=O)C1CC(=O)N(Cc2ccccc2)C1. The summed E-state index contributed by atoms with van der Waals surface area (Å²) in [6.07, 6.45) is 4.80. The van der Waals surface area contributed by atoms with E-state index in [1.807, 2.05) is 40.1 Å². The van der Waals surface area contributed by atoms with Crippen LogP contribution in [0.5, 0.6) is 0 Å². The molecular formula is C19H26N2O2. The van der Waals surface area contributed by atoms with Gasteiger partial charge in [0.25, 0.3) is 0 Å². The summed E-state index contributed by atoms with van der Waals surface area (Å²) >= 11 is 0. The zero-order chi connectivity index (χ0) is 16.2. The molecule has 0 saturated carbocycles. The summed E-state index contributed by atoms with van der Waals surface area (Å²) < 4.78 is 0. The minimum absolute atomic E-state index is 0.109. The van der Waals surface area contributed by atoms with Crippen molar-refractivity contribution in [3.63, 3.8) is 0 Å². The van der Waals surface area contributed by atoms with Gasteiger partial charge in [-0.1, -0.05) is 37.3 Å². The van der Waals surface area contributed by atoms with Gasteiger partial charge in [-0.15, -0.1) is 0 Å². The van der Waals surface area contributed by atoms with Gasteiger partial charge in [-0.3, -0.25) is 9.59 Å². The van der Waals surface area contributed by atoms with Crippen molar-refractivity contribution in [3.8, 4) is 0 Å². The van der Waals surface area contributed by atoms with Crippen molar-refractivity contribution in [2.75, 3.05) is 13.1 Å². The fourth-order valence-electron chi connectivity index (χ4n) is 3.84. The maximum atomic E-state index is 12.9. The second-order valence-corrected chi connectivity index (χ2v) is 6.75. The van der Waals surface area contributed by atoms with Gasteiger partial charge in [0.2, 0.25) is 11.8 Å². The third-order valence-corrected chi connectivity index (χ3v) is 5.16. The predicted octanol–water partition coefficient (Wildman–Crippen LogP) is 2.83. The van der Waals surface area contributed by atoms with Crippen LogP contribution in [0.3, 0.4) is 0 Å². The number of carbonyl (C=O) groups is 2. The van der Waals surface area contributed by atoms with Crippen LogP contribution in [0.1, 0.15) is 44.6 Å². The highest BCUT2D eigenvalue weighted by molar-refractivity contribution is 5.89. The average molecular weight is 314 g/mol. The average Bonchev–Trinajstić information content (AvgIpc) is 2.96. The van der Waals surface area contributed by atoms with Gasteiger partial charge in [-0.05, 0) is 31.2 Å². The molecule has 2 fully saturated rings. The molecule has 2 atom stereocenters. The molecule has 3 rings (SSSR count). The van der Waals surface area contributed by atoms with Crippen LogP contribution in [0.4, 0.5) is 0 Å². The third kappa shape index (κ3) is 3.57. The molecule has 2 saturated heterocycles.